The van der Waals surface area contributed by atoms with E-state index >= 15 is 0 Å². The smallest absolute Gasteiger partial charge is 0.254 e. The molecular formula is C13H10ClFN2O. The highest BCUT2D eigenvalue weighted by Gasteiger charge is 2.18. The number of rotatable bonds is 1. The van der Waals surface area contributed by atoms with Crippen LogP contribution in [0.5, 0.6) is 0 Å². The highest BCUT2D eigenvalue weighted by molar-refractivity contribution is 6.33. The molecule has 1 aromatic carbocycles. The number of nitrogens with zero attached hydrogens (tertiary/aromatic N) is 1. The van der Waals surface area contributed by atoms with Crippen molar-refractivity contribution in [2.45, 2.75) is 19.3 Å². The first-order valence-electron chi connectivity index (χ1n) is 5.72. The number of aromatic amines is 1. The van der Waals surface area contributed by atoms with E-state index in [4.69, 9.17) is 11.6 Å². The van der Waals surface area contributed by atoms with Gasteiger partial charge < -0.3 is 4.98 Å². The summed E-state index contributed by atoms with van der Waals surface area (Å²) in [6, 6.07) is 4.04. The van der Waals surface area contributed by atoms with Crippen LogP contribution in [0.15, 0.2) is 23.0 Å². The maximum absolute atomic E-state index is 13.0. The van der Waals surface area contributed by atoms with E-state index in [1.54, 1.807) is 0 Å². The molecule has 0 saturated carbocycles. The number of halogens is 2. The number of nitrogens with one attached hydrogen (secondary N) is 1. The largest absolute Gasteiger partial charge is 0.306 e. The Labute approximate surface area is 108 Å². The minimum absolute atomic E-state index is 0.118. The molecule has 0 fully saturated rings. The zero-order valence-electron chi connectivity index (χ0n) is 9.46. The average Bonchev–Trinajstić information content (AvgIpc) is 2.77. The molecule has 92 valence electrons. The first-order chi connectivity index (χ1) is 8.65. The highest BCUT2D eigenvalue weighted by atomic mass is 35.5. The lowest BCUT2D eigenvalue weighted by Gasteiger charge is -2.06. The van der Waals surface area contributed by atoms with Crippen LogP contribution in [0.3, 0.4) is 0 Å². The van der Waals surface area contributed by atoms with Gasteiger partial charge in [-0.3, -0.25) is 4.79 Å². The molecule has 3 rings (SSSR count). The quantitative estimate of drug-likeness (QED) is 0.861. The predicted octanol–water partition coefficient (Wildman–Crippen LogP) is 2.72. The van der Waals surface area contributed by atoms with E-state index in [0.717, 1.165) is 30.5 Å². The van der Waals surface area contributed by atoms with E-state index in [-0.39, 0.29) is 10.6 Å². The third kappa shape index (κ3) is 1.82. The van der Waals surface area contributed by atoms with Crippen molar-refractivity contribution < 1.29 is 4.39 Å². The molecule has 0 amide bonds. The molecule has 1 aliphatic rings. The number of fused-ring (bicyclic) bond motifs is 1. The van der Waals surface area contributed by atoms with Gasteiger partial charge in [0.25, 0.3) is 5.56 Å². The van der Waals surface area contributed by atoms with Gasteiger partial charge in [-0.25, -0.2) is 9.37 Å². The van der Waals surface area contributed by atoms with Crippen molar-refractivity contribution in [3.63, 3.8) is 0 Å². The summed E-state index contributed by atoms with van der Waals surface area (Å²) in [4.78, 5) is 19.0. The number of aryl methyl sites for hydroxylation is 1. The predicted molar refractivity (Wildman–Crippen MR) is 67.3 cm³/mol. The van der Waals surface area contributed by atoms with Crippen LogP contribution in [0.4, 0.5) is 4.39 Å². The Morgan fingerprint density at radius 3 is 2.94 bits per heavy atom. The van der Waals surface area contributed by atoms with Gasteiger partial charge in [0.2, 0.25) is 0 Å². The third-order valence-electron chi connectivity index (χ3n) is 3.13. The van der Waals surface area contributed by atoms with Crippen LogP contribution in [-0.2, 0) is 12.8 Å². The summed E-state index contributed by atoms with van der Waals surface area (Å²) in [7, 11) is 0. The normalized spacial score (nSPS) is 13.7. The fraction of sp³-hybridized carbons (Fsp3) is 0.231. The standard InChI is InChI=1S/C13H10ClFN2O/c14-10-6-7(15)4-5-8(10)12-16-11-3-1-2-9(11)13(18)17-12/h4-6H,1-3H2,(H,16,17,18). The monoisotopic (exact) mass is 264 g/mol. The first kappa shape index (κ1) is 11.4. The van der Waals surface area contributed by atoms with Gasteiger partial charge in [0, 0.05) is 11.1 Å². The van der Waals surface area contributed by atoms with Crippen molar-refractivity contribution in [2.75, 3.05) is 0 Å². The van der Waals surface area contributed by atoms with Crippen molar-refractivity contribution >= 4 is 11.6 Å². The SMILES string of the molecule is O=c1[nH]c(-c2ccc(F)cc2Cl)nc2c1CCC2. The second kappa shape index (κ2) is 4.21. The van der Waals surface area contributed by atoms with Crippen molar-refractivity contribution in [3.8, 4) is 11.4 Å². The molecule has 0 saturated heterocycles. The minimum Gasteiger partial charge on any atom is -0.306 e. The zero-order chi connectivity index (χ0) is 12.7. The molecule has 1 N–H and O–H groups in total. The molecule has 1 aromatic heterocycles. The maximum atomic E-state index is 13.0. The number of hydrogen-bond acceptors (Lipinski definition) is 2. The van der Waals surface area contributed by atoms with E-state index in [0.29, 0.717) is 11.4 Å². The summed E-state index contributed by atoms with van der Waals surface area (Å²) in [6.07, 6.45) is 2.53. The fourth-order valence-corrected chi connectivity index (χ4v) is 2.51. The molecule has 0 unspecified atom stereocenters. The minimum atomic E-state index is -0.410. The molecule has 0 bridgehead atoms. The van der Waals surface area contributed by atoms with Crippen LogP contribution in [-0.4, -0.2) is 9.97 Å². The Bertz CT molecular complexity index is 681. The Morgan fingerprint density at radius 2 is 2.17 bits per heavy atom. The van der Waals surface area contributed by atoms with Gasteiger partial charge in [-0.1, -0.05) is 11.6 Å². The van der Waals surface area contributed by atoms with Crippen molar-refractivity contribution in [3.05, 3.63) is 50.7 Å². The first-order valence-corrected chi connectivity index (χ1v) is 6.10. The van der Waals surface area contributed by atoms with Gasteiger partial charge in [-0.15, -0.1) is 0 Å². The molecule has 3 nitrogen and oxygen atoms in total. The van der Waals surface area contributed by atoms with Crippen LogP contribution in [0.2, 0.25) is 5.02 Å². The van der Waals surface area contributed by atoms with Crippen LogP contribution in [0, 0.1) is 5.82 Å². The summed E-state index contributed by atoms with van der Waals surface area (Å²) in [6.45, 7) is 0. The van der Waals surface area contributed by atoms with E-state index in [1.165, 1.54) is 18.2 Å². The third-order valence-corrected chi connectivity index (χ3v) is 3.44. The van der Waals surface area contributed by atoms with E-state index in [2.05, 4.69) is 9.97 Å². The summed E-state index contributed by atoms with van der Waals surface area (Å²) >= 11 is 5.97. The molecule has 2 aromatic rings. The number of H-pyrrole nitrogens is 1. The number of hydrogen-bond donors (Lipinski definition) is 1. The van der Waals surface area contributed by atoms with Crippen molar-refractivity contribution in [1.29, 1.82) is 0 Å². The molecule has 5 heteroatoms. The topological polar surface area (TPSA) is 45.8 Å². The molecule has 1 aliphatic carbocycles. The average molecular weight is 265 g/mol. The Kier molecular flexibility index (Phi) is 2.67. The molecule has 0 spiro atoms. The summed E-state index contributed by atoms with van der Waals surface area (Å²) < 4.78 is 13.0. The number of aromatic nitrogens is 2. The lowest BCUT2D eigenvalue weighted by molar-refractivity contribution is 0.628. The van der Waals surface area contributed by atoms with Gasteiger partial charge >= 0.3 is 0 Å². The molecule has 18 heavy (non-hydrogen) atoms. The Morgan fingerprint density at radius 1 is 1.33 bits per heavy atom. The summed E-state index contributed by atoms with van der Waals surface area (Å²) in [5, 5.41) is 0.246. The number of benzene rings is 1. The van der Waals surface area contributed by atoms with Gasteiger partial charge in [0.1, 0.15) is 11.6 Å². The van der Waals surface area contributed by atoms with Crippen LogP contribution >= 0.6 is 11.6 Å². The van der Waals surface area contributed by atoms with E-state index < -0.39 is 5.82 Å². The lowest BCUT2D eigenvalue weighted by Crippen LogP contribution is -2.15. The van der Waals surface area contributed by atoms with Gasteiger partial charge in [-0.2, -0.15) is 0 Å². The maximum Gasteiger partial charge on any atom is 0.254 e. The van der Waals surface area contributed by atoms with E-state index in [9.17, 15) is 9.18 Å². The molecule has 0 radical (unpaired) electrons. The highest BCUT2D eigenvalue weighted by Crippen LogP contribution is 2.26. The lowest BCUT2D eigenvalue weighted by atomic mass is 10.2. The second-order valence-corrected chi connectivity index (χ2v) is 4.72. The van der Waals surface area contributed by atoms with Crippen LogP contribution in [0.25, 0.3) is 11.4 Å². The zero-order valence-corrected chi connectivity index (χ0v) is 10.2. The molecular weight excluding hydrogens is 255 g/mol. The summed E-state index contributed by atoms with van der Waals surface area (Å²) in [5.41, 5.74) is 2.02. The Hall–Kier alpha value is -1.68. The van der Waals surface area contributed by atoms with Crippen molar-refractivity contribution in [1.82, 2.24) is 9.97 Å². The molecule has 1 heterocycles. The van der Waals surface area contributed by atoms with Crippen LogP contribution in [0.1, 0.15) is 17.7 Å². The van der Waals surface area contributed by atoms with Crippen molar-refractivity contribution in [2.24, 2.45) is 0 Å². The second-order valence-electron chi connectivity index (χ2n) is 4.32. The van der Waals surface area contributed by atoms with Crippen LogP contribution < -0.4 is 5.56 Å². The molecule has 0 atom stereocenters. The molecule has 0 aliphatic heterocycles. The summed E-state index contributed by atoms with van der Waals surface area (Å²) in [5.74, 6) is -0.00194. The van der Waals surface area contributed by atoms with Gasteiger partial charge in [-0.05, 0) is 37.5 Å². The Balaban J connectivity index is 2.18. The van der Waals surface area contributed by atoms with E-state index in [1.807, 2.05) is 0 Å². The van der Waals surface area contributed by atoms with Gasteiger partial charge in [0.15, 0.2) is 0 Å². The fourth-order valence-electron chi connectivity index (χ4n) is 2.25. The van der Waals surface area contributed by atoms with Gasteiger partial charge in [0.05, 0.1) is 10.7 Å².